The first-order valence-corrected chi connectivity index (χ1v) is 4.49. The lowest BCUT2D eigenvalue weighted by Gasteiger charge is -2.10. The van der Waals surface area contributed by atoms with E-state index in [2.05, 4.69) is 5.10 Å². The van der Waals surface area contributed by atoms with Crippen molar-refractivity contribution in [3.05, 3.63) is 35.9 Å². The first-order valence-electron chi connectivity index (χ1n) is 4.49. The fourth-order valence-corrected chi connectivity index (χ4v) is 1.30. The van der Waals surface area contributed by atoms with Crippen molar-refractivity contribution in [3.8, 4) is 0 Å². The molecule has 1 aliphatic rings. The summed E-state index contributed by atoms with van der Waals surface area (Å²) in [7, 11) is 0. The first kappa shape index (κ1) is 9.51. The number of ether oxygens (including phenoxy) is 1. The van der Waals surface area contributed by atoms with Crippen LogP contribution in [0, 0.1) is 0 Å². The van der Waals surface area contributed by atoms with E-state index in [0.717, 1.165) is 5.56 Å². The molecular formula is C10H10N2O3. The number of rotatable bonds is 3. The number of hydrazone groups is 1. The summed E-state index contributed by atoms with van der Waals surface area (Å²) < 4.78 is 4.88. The van der Waals surface area contributed by atoms with Gasteiger partial charge in [0.05, 0.1) is 6.54 Å². The van der Waals surface area contributed by atoms with Crippen molar-refractivity contribution in [1.29, 1.82) is 0 Å². The molecule has 78 valence electrons. The van der Waals surface area contributed by atoms with Crippen molar-refractivity contribution in [2.45, 2.75) is 6.54 Å². The molecule has 1 aliphatic heterocycles. The molecular weight excluding hydrogens is 196 g/mol. The lowest BCUT2D eigenvalue weighted by molar-refractivity contribution is -0.130. The Balaban J connectivity index is 2.01. The van der Waals surface area contributed by atoms with Gasteiger partial charge in [0.25, 0.3) is 0 Å². The monoisotopic (exact) mass is 206 g/mol. The molecule has 2 rings (SSSR count). The number of hydrogen-bond donors (Lipinski definition) is 1. The van der Waals surface area contributed by atoms with Gasteiger partial charge in [-0.2, -0.15) is 0 Å². The minimum Gasteiger partial charge on any atom is -0.474 e. The molecule has 1 aromatic rings. The number of carboxylic acids is 1. The van der Waals surface area contributed by atoms with Crippen LogP contribution in [0.15, 0.2) is 35.4 Å². The Bertz CT molecular complexity index is 389. The van der Waals surface area contributed by atoms with Gasteiger partial charge in [-0.1, -0.05) is 30.3 Å². The molecule has 0 radical (unpaired) electrons. The summed E-state index contributed by atoms with van der Waals surface area (Å²) >= 11 is 0. The van der Waals surface area contributed by atoms with Crippen LogP contribution < -0.4 is 0 Å². The highest BCUT2D eigenvalue weighted by molar-refractivity contribution is 6.31. The summed E-state index contributed by atoms with van der Waals surface area (Å²) in [6.45, 7) is 0.744. The van der Waals surface area contributed by atoms with E-state index in [0.29, 0.717) is 6.54 Å². The Morgan fingerprint density at radius 2 is 2.20 bits per heavy atom. The van der Waals surface area contributed by atoms with Gasteiger partial charge in [0.2, 0.25) is 0 Å². The average Bonchev–Trinajstić information content (AvgIpc) is 2.68. The Morgan fingerprint density at radius 3 is 2.80 bits per heavy atom. The number of carboxylic acid groups (broad SMARTS) is 1. The maximum atomic E-state index is 10.5. The molecule has 0 atom stereocenters. The van der Waals surface area contributed by atoms with Crippen molar-refractivity contribution >= 4 is 11.9 Å². The third-order valence-corrected chi connectivity index (χ3v) is 1.97. The Kier molecular flexibility index (Phi) is 2.53. The molecule has 5 nitrogen and oxygen atoms in total. The van der Waals surface area contributed by atoms with Crippen LogP contribution in [-0.2, 0) is 16.1 Å². The summed E-state index contributed by atoms with van der Waals surface area (Å²) in [5.74, 6) is -1.38. The van der Waals surface area contributed by atoms with E-state index in [1.165, 1.54) is 0 Å². The molecule has 15 heavy (non-hydrogen) atoms. The number of aliphatic carboxylic acids is 1. The number of benzene rings is 1. The highest BCUT2D eigenvalue weighted by Gasteiger charge is 2.21. The molecule has 0 amide bonds. The van der Waals surface area contributed by atoms with E-state index < -0.39 is 5.97 Å². The van der Waals surface area contributed by atoms with E-state index >= 15 is 0 Å². The molecule has 5 heteroatoms. The summed E-state index contributed by atoms with van der Waals surface area (Å²) in [5, 5.41) is 14.0. The minimum atomic E-state index is -1.13. The van der Waals surface area contributed by atoms with E-state index in [-0.39, 0.29) is 12.6 Å². The predicted octanol–water partition coefficient (Wildman–Crippen LogP) is 0.874. The fourth-order valence-electron chi connectivity index (χ4n) is 1.30. The summed E-state index contributed by atoms with van der Waals surface area (Å²) in [4.78, 5) is 10.5. The van der Waals surface area contributed by atoms with Crippen LogP contribution in [0.2, 0.25) is 0 Å². The van der Waals surface area contributed by atoms with Gasteiger partial charge in [0.1, 0.15) is 0 Å². The van der Waals surface area contributed by atoms with E-state index in [1.54, 1.807) is 5.01 Å². The zero-order valence-electron chi connectivity index (χ0n) is 7.96. The van der Waals surface area contributed by atoms with Gasteiger partial charge < -0.3 is 9.84 Å². The molecule has 0 spiro atoms. The third-order valence-electron chi connectivity index (χ3n) is 1.97. The van der Waals surface area contributed by atoms with Crippen molar-refractivity contribution < 1.29 is 14.6 Å². The quantitative estimate of drug-likeness (QED) is 0.797. The largest absolute Gasteiger partial charge is 0.474 e. The Morgan fingerprint density at radius 1 is 1.47 bits per heavy atom. The van der Waals surface area contributed by atoms with Gasteiger partial charge in [0.15, 0.2) is 6.73 Å². The lowest BCUT2D eigenvalue weighted by atomic mass is 10.2. The SMILES string of the molecule is O=C(O)C1=NN(Cc2ccccc2)CO1. The van der Waals surface area contributed by atoms with Gasteiger partial charge in [-0.15, -0.1) is 5.10 Å². The highest BCUT2D eigenvalue weighted by atomic mass is 16.5. The highest BCUT2D eigenvalue weighted by Crippen LogP contribution is 2.09. The van der Waals surface area contributed by atoms with Gasteiger partial charge in [-0.25, -0.2) is 4.79 Å². The second kappa shape index (κ2) is 4.00. The molecule has 0 saturated heterocycles. The predicted molar refractivity (Wildman–Crippen MR) is 53.0 cm³/mol. The normalized spacial score (nSPS) is 14.7. The van der Waals surface area contributed by atoms with Crippen molar-refractivity contribution in [2.75, 3.05) is 6.73 Å². The molecule has 1 heterocycles. The molecule has 1 N–H and O–H groups in total. The van der Waals surface area contributed by atoms with Gasteiger partial charge in [0, 0.05) is 0 Å². The van der Waals surface area contributed by atoms with Crippen LogP contribution in [0.1, 0.15) is 5.56 Å². The second-order valence-corrected chi connectivity index (χ2v) is 3.13. The van der Waals surface area contributed by atoms with Crippen LogP contribution in [0.25, 0.3) is 0 Å². The van der Waals surface area contributed by atoms with Crippen molar-refractivity contribution in [1.82, 2.24) is 5.01 Å². The van der Waals surface area contributed by atoms with Crippen LogP contribution in [0.5, 0.6) is 0 Å². The van der Waals surface area contributed by atoms with Crippen molar-refractivity contribution in [2.24, 2.45) is 5.10 Å². The summed E-state index contributed by atoms with van der Waals surface area (Å²) in [6.07, 6.45) is 0. The molecule has 0 bridgehead atoms. The lowest BCUT2D eigenvalue weighted by Crippen LogP contribution is -2.14. The maximum absolute atomic E-state index is 10.5. The molecule has 0 fully saturated rings. The summed E-state index contributed by atoms with van der Waals surface area (Å²) in [5.41, 5.74) is 1.07. The van der Waals surface area contributed by atoms with Gasteiger partial charge in [-0.05, 0) is 5.56 Å². The maximum Gasteiger partial charge on any atom is 0.393 e. The summed E-state index contributed by atoms with van der Waals surface area (Å²) in [6, 6.07) is 9.68. The molecule has 0 unspecified atom stereocenters. The third kappa shape index (κ3) is 2.25. The molecule has 0 aliphatic carbocycles. The average molecular weight is 206 g/mol. The number of nitrogens with zero attached hydrogens (tertiary/aromatic N) is 2. The second-order valence-electron chi connectivity index (χ2n) is 3.13. The van der Waals surface area contributed by atoms with E-state index in [1.807, 2.05) is 30.3 Å². The van der Waals surface area contributed by atoms with Gasteiger partial charge >= 0.3 is 11.9 Å². The number of hydrogen-bond acceptors (Lipinski definition) is 4. The Labute approximate surface area is 86.6 Å². The Hall–Kier alpha value is -2.04. The van der Waals surface area contributed by atoms with Gasteiger partial charge in [-0.3, -0.25) is 5.01 Å². The smallest absolute Gasteiger partial charge is 0.393 e. The van der Waals surface area contributed by atoms with E-state index in [9.17, 15) is 4.79 Å². The first-order chi connectivity index (χ1) is 7.25. The molecule has 1 aromatic carbocycles. The fraction of sp³-hybridized carbons (Fsp3) is 0.200. The standard InChI is InChI=1S/C10H10N2O3/c13-10(14)9-11-12(7-15-9)6-8-4-2-1-3-5-8/h1-5H,6-7H2,(H,13,14). The number of carbonyl (C=O) groups is 1. The topological polar surface area (TPSA) is 62.1 Å². The molecule has 0 aromatic heterocycles. The molecule has 0 saturated carbocycles. The van der Waals surface area contributed by atoms with E-state index in [4.69, 9.17) is 9.84 Å². The van der Waals surface area contributed by atoms with Crippen LogP contribution in [-0.4, -0.2) is 28.7 Å². The van der Waals surface area contributed by atoms with Crippen LogP contribution in [0.4, 0.5) is 0 Å². The van der Waals surface area contributed by atoms with Crippen molar-refractivity contribution in [3.63, 3.8) is 0 Å². The minimum absolute atomic E-state index is 0.191. The zero-order valence-corrected chi connectivity index (χ0v) is 7.96. The zero-order chi connectivity index (χ0) is 10.7. The van der Waals surface area contributed by atoms with Crippen LogP contribution >= 0.6 is 0 Å². The van der Waals surface area contributed by atoms with Crippen LogP contribution in [0.3, 0.4) is 0 Å².